The zero-order chi connectivity index (χ0) is 44.8. The SMILES string of the molecule is c1ccc(-c2cc(-c3ccccc3)cc(-c3cc(-c4ccc5c(c4)-c4ccccc4-c4ccccc4C54c5ccccc5-c5ccccc54)nc(-c4ccc5oc6ccccc6c5c4)n3)c2)cc1. The number of aromatic nitrogens is 2. The Labute approximate surface area is 394 Å². The summed E-state index contributed by atoms with van der Waals surface area (Å²) in [6, 6.07) is 87.8. The molecule has 0 saturated heterocycles. The van der Waals surface area contributed by atoms with E-state index < -0.39 is 5.41 Å². The van der Waals surface area contributed by atoms with E-state index in [9.17, 15) is 0 Å². The fourth-order valence-corrected chi connectivity index (χ4v) is 11.3. The van der Waals surface area contributed by atoms with E-state index in [0.29, 0.717) is 5.82 Å². The summed E-state index contributed by atoms with van der Waals surface area (Å²) in [6.07, 6.45) is 0. The molecule has 0 N–H and O–H groups in total. The fourth-order valence-electron chi connectivity index (χ4n) is 11.3. The first-order valence-electron chi connectivity index (χ1n) is 23.3. The zero-order valence-electron chi connectivity index (χ0n) is 36.9. The molecule has 3 nitrogen and oxygen atoms in total. The molecule has 2 heterocycles. The fraction of sp³-hybridized carbons (Fsp3) is 0.0154. The molecule has 316 valence electrons. The molecule has 1 spiro atoms. The highest BCUT2D eigenvalue weighted by Crippen LogP contribution is 2.61. The van der Waals surface area contributed by atoms with E-state index in [0.717, 1.165) is 72.3 Å². The van der Waals surface area contributed by atoms with Gasteiger partial charge < -0.3 is 4.42 Å². The van der Waals surface area contributed by atoms with Gasteiger partial charge in [0, 0.05) is 27.5 Å². The van der Waals surface area contributed by atoms with Crippen LogP contribution < -0.4 is 0 Å². The van der Waals surface area contributed by atoms with Gasteiger partial charge in [0.2, 0.25) is 0 Å². The lowest BCUT2D eigenvalue weighted by Crippen LogP contribution is -2.29. The molecule has 0 bridgehead atoms. The van der Waals surface area contributed by atoms with Crippen LogP contribution in [0.25, 0.3) is 111 Å². The van der Waals surface area contributed by atoms with Crippen molar-refractivity contribution in [3.05, 3.63) is 265 Å². The Morgan fingerprint density at radius 1 is 0.265 bits per heavy atom. The molecule has 12 aromatic rings. The Morgan fingerprint density at radius 3 is 1.35 bits per heavy atom. The van der Waals surface area contributed by atoms with Gasteiger partial charge in [-0.15, -0.1) is 0 Å². The summed E-state index contributed by atoms with van der Waals surface area (Å²) in [5, 5.41) is 2.10. The topological polar surface area (TPSA) is 38.9 Å². The van der Waals surface area contributed by atoms with Gasteiger partial charge in [-0.1, -0.05) is 188 Å². The highest BCUT2D eigenvalue weighted by atomic mass is 16.3. The van der Waals surface area contributed by atoms with Crippen LogP contribution in [0.4, 0.5) is 0 Å². The number of nitrogens with zero attached hydrogens (tertiary/aromatic N) is 2. The van der Waals surface area contributed by atoms with Crippen molar-refractivity contribution in [2.45, 2.75) is 5.41 Å². The minimum atomic E-state index is -0.562. The second-order valence-corrected chi connectivity index (χ2v) is 18.0. The number of benzene rings is 10. The Bertz CT molecular complexity index is 3870. The highest BCUT2D eigenvalue weighted by Gasteiger charge is 2.49. The van der Waals surface area contributed by atoms with Crippen LogP contribution >= 0.6 is 0 Å². The summed E-state index contributed by atoms with van der Waals surface area (Å²) in [5.74, 6) is 0.647. The third-order valence-electron chi connectivity index (χ3n) is 14.3. The number of hydrogen-bond donors (Lipinski definition) is 0. The molecule has 3 heteroatoms. The van der Waals surface area contributed by atoms with Gasteiger partial charge in [0.25, 0.3) is 0 Å². The van der Waals surface area contributed by atoms with Gasteiger partial charge in [-0.25, -0.2) is 9.97 Å². The van der Waals surface area contributed by atoms with Crippen molar-refractivity contribution in [1.29, 1.82) is 0 Å². The smallest absolute Gasteiger partial charge is 0.160 e. The van der Waals surface area contributed by atoms with Crippen LogP contribution in [0.2, 0.25) is 0 Å². The number of para-hydroxylation sites is 1. The van der Waals surface area contributed by atoms with Crippen molar-refractivity contribution in [1.82, 2.24) is 9.97 Å². The van der Waals surface area contributed by atoms with Crippen molar-refractivity contribution in [3.8, 4) is 89.5 Å². The molecule has 2 aliphatic carbocycles. The molecule has 0 atom stereocenters. The Hall–Kier alpha value is -8.92. The van der Waals surface area contributed by atoms with Crippen LogP contribution in [-0.4, -0.2) is 9.97 Å². The van der Waals surface area contributed by atoms with E-state index in [1.807, 2.05) is 12.1 Å². The first-order valence-corrected chi connectivity index (χ1v) is 23.3. The lowest BCUT2D eigenvalue weighted by Gasteiger charge is -2.35. The first-order chi connectivity index (χ1) is 33.7. The van der Waals surface area contributed by atoms with Gasteiger partial charge in [-0.2, -0.15) is 0 Å². The molecule has 0 fully saturated rings. The second kappa shape index (κ2) is 15.1. The lowest BCUT2D eigenvalue weighted by molar-refractivity contribution is 0.669. The number of rotatable bonds is 5. The first kappa shape index (κ1) is 38.4. The van der Waals surface area contributed by atoms with E-state index in [1.165, 1.54) is 55.6 Å². The molecule has 68 heavy (non-hydrogen) atoms. The molecule has 0 saturated carbocycles. The molecule has 0 aliphatic heterocycles. The average molecular weight is 865 g/mol. The maximum atomic E-state index is 6.30. The van der Waals surface area contributed by atoms with Gasteiger partial charge in [-0.05, 0) is 132 Å². The summed E-state index contributed by atoms with van der Waals surface area (Å²) < 4.78 is 6.30. The van der Waals surface area contributed by atoms with Gasteiger partial charge in [0.1, 0.15) is 11.2 Å². The normalized spacial score (nSPS) is 12.8. The van der Waals surface area contributed by atoms with Crippen LogP contribution in [0.5, 0.6) is 0 Å². The molecule has 0 amide bonds. The van der Waals surface area contributed by atoms with E-state index >= 15 is 0 Å². The standard InChI is InChI=1S/C65H40N2O/c1-3-17-41(18-4-1)45-35-46(42-19-5-2-6-20-42)37-47(36-45)61-40-60(66-64(67-61)44-32-34-63-55(39-44)53-26-12-16-30-62(53)68-63)43-31-33-59-54(38-43)49-22-8-7-21-48(49)50-23-9-13-27-56(50)65(59)57-28-14-10-24-51(57)52-25-11-15-29-58(52)65/h1-40H. The van der Waals surface area contributed by atoms with Crippen LogP contribution in [-0.2, 0) is 5.41 Å². The van der Waals surface area contributed by atoms with E-state index in [2.05, 4.69) is 231 Å². The molecule has 2 aliphatic rings. The monoisotopic (exact) mass is 864 g/mol. The molecular formula is C65H40N2O. The zero-order valence-corrected chi connectivity index (χ0v) is 36.9. The Balaban J connectivity index is 1.04. The van der Waals surface area contributed by atoms with Crippen molar-refractivity contribution >= 4 is 21.9 Å². The van der Waals surface area contributed by atoms with Crippen molar-refractivity contribution in [3.63, 3.8) is 0 Å². The maximum absolute atomic E-state index is 6.30. The molecule has 10 aromatic carbocycles. The molecular weight excluding hydrogens is 825 g/mol. The maximum Gasteiger partial charge on any atom is 0.160 e. The molecule has 14 rings (SSSR count). The predicted octanol–water partition coefficient (Wildman–Crippen LogP) is 16.7. The Morgan fingerprint density at radius 2 is 0.721 bits per heavy atom. The van der Waals surface area contributed by atoms with Crippen LogP contribution in [0.15, 0.2) is 247 Å². The Kier molecular flexibility index (Phi) is 8.50. The third-order valence-corrected chi connectivity index (χ3v) is 14.3. The number of fused-ring (bicyclic) bond motifs is 15. The van der Waals surface area contributed by atoms with Gasteiger partial charge in [0.15, 0.2) is 5.82 Å². The quantitative estimate of drug-likeness (QED) is 0.173. The minimum Gasteiger partial charge on any atom is -0.456 e. The van der Waals surface area contributed by atoms with Crippen LogP contribution in [0, 0.1) is 0 Å². The van der Waals surface area contributed by atoms with Crippen LogP contribution in [0.1, 0.15) is 22.3 Å². The molecule has 0 radical (unpaired) electrons. The van der Waals surface area contributed by atoms with E-state index in [4.69, 9.17) is 14.4 Å². The van der Waals surface area contributed by atoms with Crippen molar-refractivity contribution in [2.24, 2.45) is 0 Å². The molecule has 0 unspecified atom stereocenters. The number of furan rings is 1. The number of hydrogen-bond acceptors (Lipinski definition) is 3. The summed E-state index contributed by atoms with van der Waals surface area (Å²) in [7, 11) is 0. The average Bonchev–Trinajstić information content (AvgIpc) is 3.91. The summed E-state index contributed by atoms with van der Waals surface area (Å²) >= 11 is 0. The van der Waals surface area contributed by atoms with Crippen molar-refractivity contribution < 1.29 is 4.42 Å². The third kappa shape index (κ3) is 5.79. The van der Waals surface area contributed by atoms with E-state index in [-0.39, 0.29) is 0 Å². The minimum absolute atomic E-state index is 0.562. The predicted molar refractivity (Wildman–Crippen MR) is 278 cm³/mol. The largest absolute Gasteiger partial charge is 0.456 e. The van der Waals surface area contributed by atoms with E-state index in [1.54, 1.807) is 0 Å². The van der Waals surface area contributed by atoms with Gasteiger partial charge >= 0.3 is 0 Å². The second-order valence-electron chi connectivity index (χ2n) is 18.0. The van der Waals surface area contributed by atoms with Crippen LogP contribution in [0.3, 0.4) is 0 Å². The lowest BCUT2D eigenvalue weighted by atomic mass is 9.66. The molecule has 2 aromatic heterocycles. The highest BCUT2D eigenvalue weighted by molar-refractivity contribution is 6.06. The summed E-state index contributed by atoms with van der Waals surface area (Å²) in [6.45, 7) is 0. The summed E-state index contributed by atoms with van der Waals surface area (Å²) in [5.41, 5.74) is 22.9. The van der Waals surface area contributed by atoms with Gasteiger partial charge in [0.05, 0.1) is 16.8 Å². The summed E-state index contributed by atoms with van der Waals surface area (Å²) in [4.78, 5) is 11.0. The van der Waals surface area contributed by atoms with Gasteiger partial charge in [-0.3, -0.25) is 0 Å². The van der Waals surface area contributed by atoms with Crippen molar-refractivity contribution in [2.75, 3.05) is 0 Å².